The molecule has 0 heterocycles. The Labute approximate surface area is 304 Å². The summed E-state index contributed by atoms with van der Waals surface area (Å²) in [6.45, 7) is 4.51. The summed E-state index contributed by atoms with van der Waals surface area (Å²) in [5.41, 5.74) is 0. The number of halogens is 6. The van der Waals surface area contributed by atoms with Crippen LogP contribution >= 0.6 is 69.6 Å². The van der Waals surface area contributed by atoms with Crippen LogP contribution in [0, 0.1) is 0 Å². The van der Waals surface area contributed by atoms with Crippen molar-refractivity contribution >= 4 is 110 Å². The first-order valence-corrected chi connectivity index (χ1v) is 19.1. The molecule has 5 nitrogen and oxygen atoms in total. The third-order valence-corrected chi connectivity index (χ3v) is 9.39. The van der Waals surface area contributed by atoms with Gasteiger partial charge in [-0.1, -0.05) is 129 Å². The van der Waals surface area contributed by atoms with Crippen molar-refractivity contribution in [1.29, 1.82) is 0 Å². The van der Waals surface area contributed by atoms with E-state index in [-0.39, 0.29) is 41.8 Å². The van der Waals surface area contributed by atoms with Gasteiger partial charge in [0, 0.05) is 0 Å². The fourth-order valence-electron chi connectivity index (χ4n) is 4.47. The van der Waals surface area contributed by atoms with Crippen LogP contribution in [0.5, 0.6) is 0 Å². The molecular formula is C28H55Cl6NaO5S. The molecule has 0 amide bonds. The molecular weight excluding hydrogens is 684 g/mol. The Kier molecular flexibility index (Phi) is 38.0. The average Bonchev–Trinajstić information content (AvgIpc) is 2.87. The Bertz CT molecular complexity index is 603. The summed E-state index contributed by atoms with van der Waals surface area (Å²) in [5.74, 6) is 0. The maximum absolute atomic E-state index is 8.74. The monoisotopic (exact) mass is 736 g/mol. The molecule has 0 aliphatic heterocycles. The van der Waals surface area contributed by atoms with Crippen LogP contribution in [0.25, 0.3) is 0 Å². The van der Waals surface area contributed by atoms with Crippen LogP contribution in [-0.4, -0.2) is 79.7 Å². The second-order valence-electron chi connectivity index (χ2n) is 10.5. The molecule has 0 aromatic carbocycles. The zero-order valence-electron chi connectivity index (χ0n) is 24.4. The predicted octanol–water partition coefficient (Wildman–Crippen LogP) is 11.1. The van der Waals surface area contributed by atoms with E-state index >= 15 is 0 Å². The Balaban J connectivity index is -0.00000220. The number of alkyl halides is 6. The fraction of sp³-hybridized carbons (Fsp3) is 1.00. The topological polar surface area (TPSA) is 83.8 Å². The number of hydrogen-bond acceptors (Lipinski definition) is 3. The molecule has 41 heavy (non-hydrogen) atoms. The molecule has 0 spiro atoms. The SMILES string of the molecule is CCCCCCCCCCCC(OC(CCCCCCCCCCC)C(Cl)C(Cl)Cl)C(Cl)C(Cl)Cl.O=S(=O)(O)O.[NaH]. The van der Waals surface area contributed by atoms with Crippen LogP contribution in [-0.2, 0) is 15.1 Å². The average molecular weight is 740 g/mol. The fourth-order valence-corrected chi connectivity index (χ4v) is 5.49. The number of unbranched alkanes of at least 4 members (excludes halogenated alkanes) is 16. The molecule has 0 aliphatic rings. The van der Waals surface area contributed by atoms with E-state index in [4.69, 9.17) is 91.9 Å². The van der Waals surface area contributed by atoms with Gasteiger partial charge < -0.3 is 4.74 Å². The summed E-state index contributed by atoms with van der Waals surface area (Å²) in [6, 6.07) is 0. The molecule has 0 radical (unpaired) electrons. The van der Waals surface area contributed by atoms with Crippen molar-refractivity contribution in [3.05, 3.63) is 0 Å². The minimum atomic E-state index is -4.67. The van der Waals surface area contributed by atoms with Crippen molar-refractivity contribution in [3.8, 4) is 0 Å². The molecule has 0 rings (SSSR count). The molecule has 0 aromatic heterocycles. The van der Waals surface area contributed by atoms with E-state index in [1.165, 1.54) is 89.9 Å². The van der Waals surface area contributed by atoms with Crippen LogP contribution in [0.4, 0.5) is 0 Å². The second-order valence-corrected chi connectivity index (χ2v) is 14.7. The zero-order chi connectivity index (χ0) is 30.8. The first-order valence-electron chi connectivity index (χ1n) is 15.0. The van der Waals surface area contributed by atoms with Crippen molar-refractivity contribution in [1.82, 2.24) is 0 Å². The first kappa shape index (κ1) is 48.0. The van der Waals surface area contributed by atoms with E-state index in [9.17, 15) is 0 Å². The Morgan fingerprint density at radius 3 is 0.951 bits per heavy atom. The van der Waals surface area contributed by atoms with Gasteiger partial charge in [-0.2, -0.15) is 8.42 Å². The molecule has 13 heteroatoms. The predicted molar refractivity (Wildman–Crippen MR) is 184 cm³/mol. The number of hydrogen-bond donors (Lipinski definition) is 2. The van der Waals surface area contributed by atoms with Gasteiger partial charge in [-0.05, 0) is 12.8 Å². The van der Waals surface area contributed by atoms with E-state index in [0.717, 1.165) is 38.5 Å². The van der Waals surface area contributed by atoms with Crippen molar-refractivity contribution in [2.24, 2.45) is 0 Å². The quantitative estimate of drug-likeness (QED) is 0.0399. The number of ether oxygens (including phenoxy) is 1. The first-order chi connectivity index (χ1) is 18.8. The summed E-state index contributed by atoms with van der Waals surface area (Å²) < 4.78 is 38.0. The van der Waals surface area contributed by atoms with E-state index in [0.29, 0.717) is 0 Å². The van der Waals surface area contributed by atoms with Crippen molar-refractivity contribution < 1.29 is 22.3 Å². The van der Waals surface area contributed by atoms with Crippen LogP contribution < -0.4 is 0 Å². The third kappa shape index (κ3) is 35.3. The Hall–Kier alpha value is 2.57. The maximum atomic E-state index is 8.74. The van der Waals surface area contributed by atoms with Gasteiger partial charge in [0.1, 0.15) is 9.67 Å². The van der Waals surface area contributed by atoms with Gasteiger partial charge in [-0.25, -0.2) is 0 Å². The van der Waals surface area contributed by atoms with Gasteiger partial charge in [-0.3, -0.25) is 9.11 Å². The van der Waals surface area contributed by atoms with Crippen molar-refractivity contribution in [2.75, 3.05) is 0 Å². The van der Waals surface area contributed by atoms with Crippen LogP contribution in [0.1, 0.15) is 142 Å². The standard InChI is InChI=1S/C28H52Cl6O.Na.H2O4S.H/c1-3-5-7-9-11-13-15-17-19-21-23(25(29)27(31)32)35-24(26(30)28(33)34)22-20-18-16-14-12-10-8-6-4-2;;1-5(2,3)4;/h23-28H,3-22H2,1-2H3;;(H2,1,2,3,4);. The zero-order valence-corrected chi connectivity index (χ0v) is 29.8. The molecule has 0 aromatic rings. The van der Waals surface area contributed by atoms with E-state index < -0.39 is 30.8 Å². The van der Waals surface area contributed by atoms with E-state index in [1.54, 1.807) is 0 Å². The second kappa shape index (κ2) is 32.5. The van der Waals surface area contributed by atoms with Crippen LogP contribution in [0.15, 0.2) is 0 Å². The van der Waals surface area contributed by atoms with E-state index in [1.807, 2.05) is 0 Å². The Morgan fingerprint density at radius 1 is 0.512 bits per heavy atom. The minimum absolute atomic E-state index is 0. The summed E-state index contributed by atoms with van der Waals surface area (Å²) in [4.78, 5) is -1.41. The van der Waals surface area contributed by atoms with Gasteiger partial charge in [0.15, 0.2) is 0 Å². The molecule has 2 N–H and O–H groups in total. The van der Waals surface area contributed by atoms with Gasteiger partial charge in [-0.15, -0.1) is 69.6 Å². The Morgan fingerprint density at radius 2 is 0.732 bits per heavy atom. The molecule has 0 fully saturated rings. The summed E-state index contributed by atoms with van der Waals surface area (Å²) >= 11 is 37.7. The molecule has 0 aliphatic carbocycles. The van der Waals surface area contributed by atoms with Crippen LogP contribution in [0.2, 0.25) is 0 Å². The van der Waals surface area contributed by atoms with E-state index in [2.05, 4.69) is 13.8 Å². The molecule has 246 valence electrons. The van der Waals surface area contributed by atoms with Gasteiger partial charge in [0.2, 0.25) is 0 Å². The van der Waals surface area contributed by atoms with Gasteiger partial charge in [0.05, 0.1) is 23.0 Å². The van der Waals surface area contributed by atoms with Gasteiger partial charge >= 0.3 is 40.0 Å². The third-order valence-electron chi connectivity index (χ3n) is 6.73. The van der Waals surface area contributed by atoms with Crippen molar-refractivity contribution in [2.45, 2.75) is 175 Å². The summed E-state index contributed by atoms with van der Waals surface area (Å²) in [6.07, 6.45) is 23.9. The molecule has 4 unspecified atom stereocenters. The summed E-state index contributed by atoms with van der Waals surface area (Å²) in [5, 5.41) is -0.989. The van der Waals surface area contributed by atoms with Crippen LogP contribution in [0.3, 0.4) is 0 Å². The molecule has 4 atom stereocenters. The normalized spacial score (nSPS) is 14.7. The van der Waals surface area contributed by atoms with Crippen molar-refractivity contribution in [3.63, 3.8) is 0 Å². The molecule has 0 saturated carbocycles. The number of rotatable bonds is 26. The molecule has 0 bridgehead atoms. The van der Waals surface area contributed by atoms with Gasteiger partial charge in [0.25, 0.3) is 0 Å². The summed E-state index contributed by atoms with van der Waals surface area (Å²) in [7, 11) is -4.67. The molecule has 0 saturated heterocycles.